The Balaban J connectivity index is 1.71. The molecule has 6 heteroatoms. The third kappa shape index (κ3) is 3.41. The molecule has 0 bridgehead atoms. The number of benzene rings is 2. The first kappa shape index (κ1) is 16.5. The van der Waals surface area contributed by atoms with E-state index in [0.29, 0.717) is 16.3 Å². The highest BCUT2D eigenvalue weighted by molar-refractivity contribution is 6.30. The first-order chi connectivity index (χ1) is 11.4. The molecule has 1 heterocycles. The average molecular weight is 347 g/mol. The Morgan fingerprint density at radius 3 is 2.58 bits per heavy atom. The molecular formula is C18H16ClFN2O2. The van der Waals surface area contributed by atoms with Gasteiger partial charge in [0.25, 0.3) is 5.91 Å². The van der Waals surface area contributed by atoms with Gasteiger partial charge >= 0.3 is 0 Å². The molecule has 1 fully saturated rings. The number of nitrogens with zero attached hydrogens (tertiary/aromatic N) is 1. The molecule has 0 saturated carbocycles. The predicted octanol–water partition coefficient (Wildman–Crippen LogP) is 3.53. The van der Waals surface area contributed by atoms with Crippen molar-refractivity contribution in [2.75, 3.05) is 5.32 Å². The number of carbonyl (C=O) groups excluding carboxylic acids is 2. The van der Waals surface area contributed by atoms with E-state index >= 15 is 0 Å². The first-order valence-electron chi connectivity index (χ1n) is 7.55. The van der Waals surface area contributed by atoms with Crippen LogP contribution >= 0.6 is 11.6 Å². The zero-order valence-electron chi connectivity index (χ0n) is 13.1. The van der Waals surface area contributed by atoms with Gasteiger partial charge in [0.2, 0.25) is 5.91 Å². The minimum atomic E-state index is -0.674. The Morgan fingerprint density at radius 2 is 1.92 bits per heavy atom. The minimum absolute atomic E-state index is 0.0575. The molecule has 1 N–H and O–H groups in total. The lowest BCUT2D eigenvalue weighted by Crippen LogP contribution is -2.34. The van der Waals surface area contributed by atoms with Crippen LogP contribution in [-0.4, -0.2) is 22.8 Å². The average Bonchev–Trinajstić information content (AvgIpc) is 2.80. The highest BCUT2D eigenvalue weighted by Crippen LogP contribution is 2.22. The van der Waals surface area contributed by atoms with Crippen LogP contribution in [-0.2, 0) is 16.1 Å². The molecule has 1 saturated heterocycles. The Kier molecular flexibility index (Phi) is 4.53. The summed E-state index contributed by atoms with van der Waals surface area (Å²) >= 11 is 5.83. The number of aryl methyl sites for hydroxylation is 1. The number of rotatable bonds is 4. The fourth-order valence-corrected chi connectivity index (χ4v) is 2.74. The van der Waals surface area contributed by atoms with Crippen molar-refractivity contribution in [3.63, 3.8) is 0 Å². The summed E-state index contributed by atoms with van der Waals surface area (Å²) in [5.74, 6) is -0.911. The number of anilines is 1. The number of halogens is 2. The smallest absolute Gasteiger partial charge is 0.252 e. The van der Waals surface area contributed by atoms with Crippen molar-refractivity contribution in [1.29, 1.82) is 0 Å². The summed E-state index contributed by atoms with van der Waals surface area (Å²) in [6, 6.07) is 11.0. The van der Waals surface area contributed by atoms with E-state index < -0.39 is 6.04 Å². The molecule has 0 spiro atoms. The summed E-state index contributed by atoms with van der Waals surface area (Å²) in [6.45, 7) is 1.87. The third-order valence-electron chi connectivity index (χ3n) is 4.01. The molecular weight excluding hydrogens is 331 g/mol. The van der Waals surface area contributed by atoms with Gasteiger partial charge in [-0.15, -0.1) is 0 Å². The van der Waals surface area contributed by atoms with E-state index in [1.54, 1.807) is 43.3 Å². The van der Waals surface area contributed by atoms with Gasteiger partial charge in [-0.1, -0.05) is 29.8 Å². The van der Waals surface area contributed by atoms with Gasteiger partial charge in [0.05, 0.1) is 13.0 Å². The largest absolute Gasteiger partial charge is 0.373 e. The van der Waals surface area contributed by atoms with Gasteiger partial charge in [-0.2, -0.15) is 0 Å². The number of likely N-dealkylation sites (tertiary alicyclic amines) is 1. The van der Waals surface area contributed by atoms with Gasteiger partial charge in [0.1, 0.15) is 11.9 Å². The summed E-state index contributed by atoms with van der Waals surface area (Å²) in [5, 5.41) is 3.54. The maximum absolute atomic E-state index is 13.6. The SMILES string of the molecule is Cc1ccc(N[C@@H]2CC(=O)N(Cc3ccc(Cl)cc3)C2=O)cc1F. The van der Waals surface area contributed by atoms with Gasteiger partial charge in [-0.25, -0.2) is 4.39 Å². The van der Waals surface area contributed by atoms with E-state index in [-0.39, 0.29) is 30.6 Å². The highest BCUT2D eigenvalue weighted by Gasteiger charge is 2.38. The van der Waals surface area contributed by atoms with Gasteiger partial charge in [0, 0.05) is 10.7 Å². The first-order valence-corrected chi connectivity index (χ1v) is 7.93. The van der Waals surface area contributed by atoms with Crippen LogP contribution in [0, 0.1) is 12.7 Å². The molecule has 2 aromatic carbocycles. The summed E-state index contributed by atoms with van der Waals surface area (Å²) < 4.78 is 13.6. The molecule has 1 atom stereocenters. The van der Waals surface area contributed by atoms with Crippen molar-refractivity contribution >= 4 is 29.1 Å². The van der Waals surface area contributed by atoms with Crippen molar-refractivity contribution in [2.24, 2.45) is 0 Å². The van der Waals surface area contributed by atoms with E-state index in [1.165, 1.54) is 11.0 Å². The zero-order chi connectivity index (χ0) is 17.3. The fourth-order valence-electron chi connectivity index (χ4n) is 2.62. The predicted molar refractivity (Wildman–Crippen MR) is 90.2 cm³/mol. The molecule has 1 aliphatic rings. The second kappa shape index (κ2) is 6.61. The maximum Gasteiger partial charge on any atom is 0.252 e. The molecule has 2 amide bonds. The molecule has 0 aliphatic carbocycles. The molecule has 124 valence electrons. The summed E-state index contributed by atoms with van der Waals surface area (Å²) in [5.41, 5.74) is 1.83. The number of hydrogen-bond donors (Lipinski definition) is 1. The molecule has 2 aromatic rings. The second-order valence-electron chi connectivity index (χ2n) is 5.81. The van der Waals surface area contributed by atoms with Crippen molar-refractivity contribution in [2.45, 2.75) is 25.9 Å². The van der Waals surface area contributed by atoms with Gasteiger partial charge in [0.15, 0.2) is 0 Å². The lowest BCUT2D eigenvalue weighted by atomic mass is 10.2. The maximum atomic E-state index is 13.6. The van der Waals surface area contributed by atoms with Crippen LogP contribution in [0.1, 0.15) is 17.5 Å². The lowest BCUT2D eigenvalue weighted by molar-refractivity contribution is -0.139. The van der Waals surface area contributed by atoms with Crippen LogP contribution in [0.25, 0.3) is 0 Å². The monoisotopic (exact) mass is 346 g/mol. The molecule has 1 aliphatic heterocycles. The molecule has 0 aromatic heterocycles. The Morgan fingerprint density at radius 1 is 1.21 bits per heavy atom. The molecule has 3 rings (SSSR count). The van der Waals surface area contributed by atoms with Crippen LogP contribution in [0.5, 0.6) is 0 Å². The zero-order valence-corrected chi connectivity index (χ0v) is 13.8. The van der Waals surface area contributed by atoms with Crippen LogP contribution in [0.4, 0.5) is 10.1 Å². The quantitative estimate of drug-likeness (QED) is 0.862. The van der Waals surface area contributed by atoms with Crippen molar-refractivity contribution in [3.05, 3.63) is 64.4 Å². The standard InChI is InChI=1S/C18H16ClFN2O2/c1-11-2-7-14(8-15(11)20)21-16-9-17(23)22(18(16)24)10-12-3-5-13(19)6-4-12/h2-8,16,21H,9-10H2,1H3/t16-/m1/s1. The van der Waals surface area contributed by atoms with Crippen LogP contribution in [0.2, 0.25) is 5.02 Å². The molecule has 0 radical (unpaired) electrons. The van der Waals surface area contributed by atoms with Gasteiger partial charge in [-0.3, -0.25) is 14.5 Å². The van der Waals surface area contributed by atoms with Crippen LogP contribution in [0.3, 0.4) is 0 Å². The van der Waals surface area contributed by atoms with E-state index in [2.05, 4.69) is 5.32 Å². The number of imide groups is 1. The van der Waals surface area contributed by atoms with E-state index in [9.17, 15) is 14.0 Å². The number of nitrogens with one attached hydrogen (secondary N) is 1. The van der Waals surface area contributed by atoms with Crippen molar-refractivity contribution < 1.29 is 14.0 Å². The Hall–Kier alpha value is -2.40. The van der Waals surface area contributed by atoms with Crippen LogP contribution in [0.15, 0.2) is 42.5 Å². The lowest BCUT2D eigenvalue weighted by Gasteiger charge is -2.16. The van der Waals surface area contributed by atoms with E-state index in [4.69, 9.17) is 11.6 Å². The number of amides is 2. The summed E-state index contributed by atoms with van der Waals surface area (Å²) in [6.07, 6.45) is 0.0575. The second-order valence-corrected chi connectivity index (χ2v) is 6.25. The normalized spacial score (nSPS) is 17.5. The molecule has 0 unspecified atom stereocenters. The minimum Gasteiger partial charge on any atom is -0.373 e. The number of hydrogen-bond acceptors (Lipinski definition) is 3. The van der Waals surface area contributed by atoms with E-state index in [1.807, 2.05) is 0 Å². The van der Waals surface area contributed by atoms with Crippen molar-refractivity contribution in [3.8, 4) is 0 Å². The van der Waals surface area contributed by atoms with Crippen molar-refractivity contribution in [1.82, 2.24) is 4.90 Å². The van der Waals surface area contributed by atoms with Gasteiger partial charge < -0.3 is 5.32 Å². The summed E-state index contributed by atoms with van der Waals surface area (Å²) in [4.78, 5) is 25.8. The van der Waals surface area contributed by atoms with E-state index in [0.717, 1.165) is 5.56 Å². The Bertz CT molecular complexity index is 792. The highest BCUT2D eigenvalue weighted by atomic mass is 35.5. The van der Waals surface area contributed by atoms with Gasteiger partial charge in [-0.05, 0) is 42.3 Å². The molecule has 4 nitrogen and oxygen atoms in total. The van der Waals surface area contributed by atoms with Crippen LogP contribution < -0.4 is 5.32 Å². The third-order valence-corrected chi connectivity index (χ3v) is 4.26. The topological polar surface area (TPSA) is 49.4 Å². The Labute approximate surface area is 144 Å². The molecule has 24 heavy (non-hydrogen) atoms. The summed E-state index contributed by atoms with van der Waals surface area (Å²) in [7, 11) is 0. The number of carbonyl (C=O) groups is 2. The fraction of sp³-hybridized carbons (Fsp3) is 0.222.